The van der Waals surface area contributed by atoms with Gasteiger partial charge in [-0.1, -0.05) is 35.3 Å². The monoisotopic (exact) mass is 540 g/mol. The van der Waals surface area contributed by atoms with Crippen LogP contribution in [-0.4, -0.2) is 49.5 Å². The molecule has 1 saturated carbocycles. The first-order valence-electron chi connectivity index (χ1n) is 12.2. The fourth-order valence-electron chi connectivity index (χ4n) is 5.32. The molecule has 192 valence electrons. The highest BCUT2D eigenvalue weighted by atomic mass is 35.5. The highest BCUT2D eigenvalue weighted by Gasteiger charge is 2.61. The van der Waals surface area contributed by atoms with Crippen LogP contribution in [0.5, 0.6) is 11.5 Å². The van der Waals surface area contributed by atoms with Crippen molar-refractivity contribution in [3.05, 3.63) is 76.2 Å². The maximum atomic E-state index is 11.4. The van der Waals surface area contributed by atoms with Gasteiger partial charge in [-0.2, -0.15) is 0 Å². The van der Waals surface area contributed by atoms with Crippen LogP contribution in [0.4, 0.5) is 5.82 Å². The Kier molecular flexibility index (Phi) is 6.25. The van der Waals surface area contributed by atoms with Crippen molar-refractivity contribution in [2.45, 2.75) is 43.6 Å². The summed E-state index contributed by atoms with van der Waals surface area (Å²) in [6.07, 6.45) is 3.43. The lowest BCUT2D eigenvalue weighted by Gasteiger charge is -2.31. The van der Waals surface area contributed by atoms with Gasteiger partial charge in [0.2, 0.25) is 0 Å². The largest absolute Gasteiger partial charge is 0.457 e. The molecule has 8 nitrogen and oxygen atoms in total. The molecule has 4 N–H and O–H groups in total. The van der Waals surface area contributed by atoms with Gasteiger partial charge >= 0.3 is 0 Å². The number of fused-ring (bicyclic) bond motifs is 2. The van der Waals surface area contributed by atoms with E-state index in [1.165, 1.54) is 6.33 Å². The van der Waals surface area contributed by atoms with E-state index in [4.69, 9.17) is 32.7 Å². The van der Waals surface area contributed by atoms with Crippen LogP contribution in [0, 0.1) is 5.92 Å². The topological polar surface area (TPSA) is 113 Å². The van der Waals surface area contributed by atoms with Gasteiger partial charge in [-0.15, -0.1) is 0 Å². The van der Waals surface area contributed by atoms with Crippen molar-refractivity contribution in [3.63, 3.8) is 0 Å². The summed E-state index contributed by atoms with van der Waals surface area (Å²) >= 11 is 12.6. The third kappa shape index (κ3) is 4.53. The number of rotatable bonds is 7. The Hall–Kier alpha value is -2.88. The first-order valence-corrected chi connectivity index (χ1v) is 12.9. The highest BCUT2D eigenvalue weighted by Crippen LogP contribution is 2.55. The second-order valence-electron chi connectivity index (χ2n) is 9.76. The highest BCUT2D eigenvalue weighted by molar-refractivity contribution is 6.31. The van der Waals surface area contributed by atoms with Crippen molar-refractivity contribution in [1.29, 1.82) is 0 Å². The molecule has 10 heteroatoms. The SMILES string of the molecule is C[C@@H](O)C12C[C@@H]1C[C@@H](Nc1ncnc3[nH]cc(C(O)c4ccc(Oc5cccc(Cl)c5)cc4Cl)c13)CO2. The predicted molar refractivity (Wildman–Crippen MR) is 141 cm³/mol. The van der Waals surface area contributed by atoms with Crippen molar-refractivity contribution in [2.24, 2.45) is 5.92 Å². The van der Waals surface area contributed by atoms with Crippen molar-refractivity contribution < 1.29 is 19.7 Å². The average molecular weight is 541 g/mol. The number of aromatic amines is 1. The van der Waals surface area contributed by atoms with E-state index in [2.05, 4.69) is 20.3 Å². The van der Waals surface area contributed by atoms with E-state index in [0.29, 0.717) is 62.0 Å². The molecule has 0 radical (unpaired) electrons. The summed E-state index contributed by atoms with van der Waals surface area (Å²) in [5.41, 5.74) is 1.33. The van der Waals surface area contributed by atoms with Crippen LogP contribution >= 0.6 is 23.2 Å². The number of nitrogens with one attached hydrogen (secondary N) is 2. The van der Waals surface area contributed by atoms with E-state index in [9.17, 15) is 10.2 Å². The van der Waals surface area contributed by atoms with Gasteiger partial charge in [-0.05, 0) is 56.0 Å². The number of halogens is 2. The minimum Gasteiger partial charge on any atom is -0.457 e. The van der Waals surface area contributed by atoms with Crippen LogP contribution in [0.3, 0.4) is 0 Å². The molecular weight excluding hydrogens is 515 g/mol. The molecule has 1 saturated heterocycles. The standard InChI is InChI=1S/C27H26Cl2N4O4/c1-14(34)27-10-15(27)7-17(12-36-27)33-26-23-21(11-30-25(23)31-13-32-26)24(35)20-6-5-19(9-22(20)29)37-18-4-2-3-16(28)8-18/h2-6,8-9,11,13-15,17,24,34-35H,7,10,12H2,1H3,(H2,30,31,32,33)/t14-,15+,17-,24?,27?/m1/s1. The van der Waals surface area contributed by atoms with Gasteiger partial charge in [0.25, 0.3) is 0 Å². The molecule has 2 aromatic heterocycles. The van der Waals surface area contributed by atoms with Gasteiger partial charge in [-0.3, -0.25) is 0 Å². The smallest absolute Gasteiger partial charge is 0.143 e. The first-order chi connectivity index (χ1) is 17.8. The Morgan fingerprint density at radius 3 is 2.73 bits per heavy atom. The molecule has 2 aliphatic rings. The Balaban J connectivity index is 1.24. The summed E-state index contributed by atoms with van der Waals surface area (Å²) in [7, 11) is 0. The summed E-state index contributed by atoms with van der Waals surface area (Å²) in [6, 6.07) is 12.3. The molecule has 2 fully saturated rings. The zero-order valence-electron chi connectivity index (χ0n) is 20.0. The number of anilines is 1. The molecule has 2 unspecified atom stereocenters. The zero-order chi connectivity index (χ0) is 25.7. The third-order valence-electron chi connectivity index (χ3n) is 7.36. The van der Waals surface area contributed by atoms with Gasteiger partial charge in [0.05, 0.1) is 34.8 Å². The third-order valence-corrected chi connectivity index (χ3v) is 7.92. The molecule has 4 aromatic rings. The Labute approximate surface area is 223 Å². The molecule has 37 heavy (non-hydrogen) atoms. The van der Waals surface area contributed by atoms with Gasteiger partial charge < -0.3 is 30.0 Å². The van der Waals surface area contributed by atoms with Crippen LogP contribution in [0.1, 0.15) is 37.0 Å². The van der Waals surface area contributed by atoms with Crippen molar-refractivity contribution in [2.75, 3.05) is 11.9 Å². The summed E-state index contributed by atoms with van der Waals surface area (Å²) in [5, 5.41) is 26.5. The quantitative estimate of drug-likeness (QED) is 0.245. The lowest BCUT2D eigenvalue weighted by atomic mass is 10.00. The molecule has 2 aromatic carbocycles. The zero-order valence-corrected chi connectivity index (χ0v) is 21.5. The number of aliphatic hydroxyl groups is 2. The second kappa shape index (κ2) is 9.45. The molecule has 6 rings (SSSR count). The van der Waals surface area contributed by atoms with Crippen molar-refractivity contribution >= 4 is 40.1 Å². The van der Waals surface area contributed by atoms with E-state index in [-0.39, 0.29) is 6.04 Å². The Morgan fingerprint density at radius 2 is 1.97 bits per heavy atom. The first kappa shape index (κ1) is 24.5. The summed E-state index contributed by atoms with van der Waals surface area (Å²) < 4.78 is 11.9. The lowest BCUT2D eigenvalue weighted by molar-refractivity contribution is -0.0798. The number of hydrogen-bond donors (Lipinski definition) is 4. The average Bonchev–Trinajstić information content (AvgIpc) is 3.45. The molecular formula is C27H26Cl2N4O4. The lowest BCUT2D eigenvalue weighted by Crippen LogP contribution is -2.41. The van der Waals surface area contributed by atoms with Crippen LogP contribution in [0.15, 0.2) is 55.0 Å². The molecule has 1 aliphatic heterocycles. The number of nitrogens with zero attached hydrogens (tertiary/aromatic N) is 2. The summed E-state index contributed by atoms with van der Waals surface area (Å²) in [4.78, 5) is 11.9. The van der Waals surface area contributed by atoms with Crippen LogP contribution in [-0.2, 0) is 4.74 Å². The summed E-state index contributed by atoms with van der Waals surface area (Å²) in [5.74, 6) is 2.04. The molecule has 0 amide bonds. The van der Waals surface area contributed by atoms with E-state index in [0.717, 1.165) is 12.8 Å². The van der Waals surface area contributed by atoms with Crippen LogP contribution in [0.2, 0.25) is 10.0 Å². The maximum Gasteiger partial charge on any atom is 0.143 e. The van der Waals surface area contributed by atoms with E-state index >= 15 is 0 Å². The normalized spacial score (nSPS) is 24.4. The molecule has 5 atom stereocenters. The second-order valence-corrected chi connectivity index (χ2v) is 10.6. The number of aliphatic hydroxyl groups excluding tert-OH is 2. The predicted octanol–water partition coefficient (Wildman–Crippen LogP) is 5.48. The number of aromatic nitrogens is 3. The van der Waals surface area contributed by atoms with E-state index < -0.39 is 17.8 Å². The van der Waals surface area contributed by atoms with Crippen molar-refractivity contribution in [1.82, 2.24) is 15.0 Å². The van der Waals surface area contributed by atoms with Gasteiger partial charge in [0, 0.05) is 22.3 Å². The number of ether oxygens (including phenoxy) is 2. The Morgan fingerprint density at radius 1 is 1.14 bits per heavy atom. The number of hydrogen-bond acceptors (Lipinski definition) is 7. The van der Waals surface area contributed by atoms with Gasteiger partial charge in [-0.25, -0.2) is 9.97 Å². The van der Waals surface area contributed by atoms with Crippen LogP contribution in [0.25, 0.3) is 11.0 Å². The maximum absolute atomic E-state index is 11.4. The molecule has 3 heterocycles. The number of benzene rings is 2. The van der Waals surface area contributed by atoms with E-state index in [1.807, 2.05) is 0 Å². The Bertz CT molecular complexity index is 1460. The van der Waals surface area contributed by atoms with E-state index in [1.54, 1.807) is 55.6 Å². The van der Waals surface area contributed by atoms with Gasteiger partial charge in [0.1, 0.15) is 35.4 Å². The fraction of sp³-hybridized carbons (Fsp3) is 0.333. The van der Waals surface area contributed by atoms with Gasteiger partial charge in [0.15, 0.2) is 0 Å². The van der Waals surface area contributed by atoms with Crippen molar-refractivity contribution in [3.8, 4) is 11.5 Å². The minimum absolute atomic E-state index is 0.0314. The molecule has 0 bridgehead atoms. The molecule has 1 aliphatic carbocycles. The van der Waals surface area contributed by atoms with Crippen LogP contribution < -0.4 is 10.1 Å². The fourth-order valence-corrected chi connectivity index (χ4v) is 5.77. The minimum atomic E-state index is -1.03. The molecule has 0 spiro atoms. The number of H-pyrrole nitrogens is 1. The summed E-state index contributed by atoms with van der Waals surface area (Å²) in [6.45, 7) is 2.26.